The molecule has 0 aromatic rings. The summed E-state index contributed by atoms with van der Waals surface area (Å²) in [6.45, 7) is 0. The van der Waals surface area contributed by atoms with Crippen molar-refractivity contribution in [3.63, 3.8) is 0 Å². The first-order chi connectivity index (χ1) is 3.70. The van der Waals surface area contributed by atoms with Crippen molar-refractivity contribution in [3.05, 3.63) is 0 Å². The highest BCUT2D eigenvalue weighted by Gasteiger charge is 2.28. The third-order valence-corrected chi connectivity index (χ3v) is 1.55. The molecule has 1 rings (SSSR count). The monoisotopic (exact) mass is 150 g/mol. The van der Waals surface area contributed by atoms with Crippen LogP contribution in [-0.4, -0.2) is 17.0 Å². The van der Waals surface area contributed by atoms with Gasteiger partial charge in [0.1, 0.15) is 0 Å². The summed E-state index contributed by atoms with van der Waals surface area (Å²) >= 11 is 0. The van der Waals surface area contributed by atoms with Gasteiger partial charge in [-0.25, -0.2) is 0 Å². The summed E-state index contributed by atoms with van der Waals surface area (Å²) in [6, 6.07) is 0. The van der Waals surface area contributed by atoms with Crippen LogP contribution in [-0.2, 0) is 0 Å². The maximum absolute atomic E-state index is 8.72. The lowest BCUT2D eigenvalue weighted by Crippen LogP contribution is -2.37. The van der Waals surface area contributed by atoms with Crippen LogP contribution in [0.3, 0.4) is 0 Å². The Bertz CT molecular complexity index is 112. The predicted molar refractivity (Wildman–Crippen MR) is 37.9 cm³/mol. The number of rotatable bonds is 1. The zero-order chi connectivity index (χ0) is 6.15. The third-order valence-electron chi connectivity index (χ3n) is 1.55. The molecule has 9 heavy (non-hydrogen) atoms. The van der Waals surface area contributed by atoms with Crippen LogP contribution in [0.1, 0.15) is 12.8 Å². The topological polar surface area (TPSA) is 70.1 Å². The number of amidine groups is 1. The number of nitrogens with one attached hydrogen (secondary N) is 1. The molecule has 0 atom stereocenters. The van der Waals surface area contributed by atoms with E-state index in [2.05, 4.69) is 0 Å². The van der Waals surface area contributed by atoms with Crippen LogP contribution in [0.4, 0.5) is 0 Å². The molecule has 0 aromatic heterocycles. The summed E-state index contributed by atoms with van der Waals surface area (Å²) in [4.78, 5) is 0. The predicted octanol–water partition coefficient (Wildman–Crippen LogP) is 0.115. The smallest absolute Gasteiger partial charge is 0.0938 e. The molecule has 0 aromatic carbocycles. The number of nitrogens with two attached hydrogens (primary N) is 1. The van der Waals surface area contributed by atoms with E-state index in [-0.39, 0.29) is 30.3 Å². The molecule has 3 nitrogen and oxygen atoms in total. The van der Waals surface area contributed by atoms with Crippen molar-refractivity contribution in [2.24, 2.45) is 11.7 Å². The normalized spacial score (nSPS) is 32.1. The van der Waals surface area contributed by atoms with Crippen LogP contribution in [0.2, 0.25) is 0 Å². The zero-order valence-electron chi connectivity index (χ0n) is 5.00. The van der Waals surface area contributed by atoms with Crippen LogP contribution < -0.4 is 5.73 Å². The minimum atomic E-state index is -0.191. The van der Waals surface area contributed by atoms with E-state index in [1.54, 1.807) is 0 Å². The van der Waals surface area contributed by atoms with Crippen molar-refractivity contribution in [3.8, 4) is 0 Å². The SMILES string of the molecule is Cl.N=C(N)C1CC(O)C1. The Morgan fingerprint density at radius 1 is 1.56 bits per heavy atom. The van der Waals surface area contributed by atoms with Gasteiger partial charge in [-0.1, -0.05) is 0 Å². The molecule has 0 heterocycles. The lowest BCUT2D eigenvalue weighted by atomic mass is 9.82. The van der Waals surface area contributed by atoms with Crippen LogP contribution in [0, 0.1) is 11.3 Å². The van der Waals surface area contributed by atoms with E-state index in [9.17, 15) is 0 Å². The maximum atomic E-state index is 8.72. The van der Waals surface area contributed by atoms with E-state index in [1.165, 1.54) is 0 Å². The molecular weight excluding hydrogens is 140 g/mol. The molecule has 1 aliphatic carbocycles. The van der Waals surface area contributed by atoms with Crippen LogP contribution in [0.5, 0.6) is 0 Å². The third kappa shape index (κ3) is 1.84. The molecule has 54 valence electrons. The Balaban J connectivity index is 0.000000640. The standard InChI is InChI=1S/C5H10N2O.ClH/c6-5(7)3-1-4(8)2-3;/h3-4,8H,1-2H2,(H3,6,7);1H. The molecule has 0 spiro atoms. The van der Waals surface area contributed by atoms with Crippen molar-refractivity contribution >= 4 is 18.2 Å². The molecule has 0 radical (unpaired) electrons. The van der Waals surface area contributed by atoms with Gasteiger partial charge in [0.2, 0.25) is 0 Å². The fourth-order valence-corrected chi connectivity index (χ4v) is 0.842. The summed E-state index contributed by atoms with van der Waals surface area (Å²) < 4.78 is 0. The van der Waals surface area contributed by atoms with Gasteiger partial charge in [0, 0.05) is 5.92 Å². The Kier molecular flexibility index (Phi) is 2.94. The average molecular weight is 151 g/mol. The largest absolute Gasteiger partial charge is 0.393 e. The van der Waals surface area contributed by atoms with Crippen LogP contribution >= 0.6 is 12.4 Å². The van der Waals surface area contributed by atoms with Crippen LogP contribution in [0.15, 0.2) is 0 Å². The molecule has 0 unspecified atom stereocenters. The van der Waals surface area contributed by atoms with Gasteiger partial charge in [0.15, 0.2) is 0 Å². The molecule has 1 saturated carbocycles. The van der Waals surface area contributed by atoms with Gasteiger partial charge >= 0.3 is 0 Å². The zero-order valence-corrected chi connectivity index (χ0v) is 5.82. The minimum absolute atomic E-state index is 0. The Morgan fingerprint density at radius 2 is 2.00 bits per heavy atom. The molecule has 4 heteroatoms. The fourth-order valence-electron chi connectivity index (χ4n) is 0.842. The van der Waals surface area contributed by atoms with Crippen molar-refractivity contribution in [2.45, 2.75) is 18.9 Å². The van der Waals surface area contributed by atoms with Crippen molar-refractivity contribution in [1.29, 1.82) is 5.41 Å². The summed E-state index contributed by atoms with van der Waals surface area (Å²) in [5.41, 5.74) is 5.13. The number of halogens is 1. The second kappa shape index (κ2) is 3.03. The molecule has 0 aliphatic heterocycles. The van der Waals surface area contributed by atoms with Gasteiger partial charge in [0.25, 0.3) is 0 Å². The Labute approximate surface area is 60.2 Å². The van der Waals surface area contributed by atoms with Gasteiger partial charge in [-0.2, -0.15) is 0 Å². The van der Waals surface area contributed by atoms with E-state index < -0.39 is 0 Å². The van der Waals surface area contributed by atoms with Crippen LogP contribution in [0.25, 0.3) is 0 Å². The Hall–Kier alpha value is -0.280. The summed E-state index contributed by atoms with van der Waals surface area (Å²) in [7, 11) is 0. The van der Waals surface area contributed by atoms with Gasteiger partial charge in [-0.3, -0.25) is 5.41 Å². The quantitative estimate of drug-likeness (QED) is 0.367. The number of aliphatic hydroxyl groups is 1. The lowest BCUT2D eigenvalue weighted by molar-refractivity contribution is 0.0694. The van der Waals surface area contributed by atoms with E-state index in [0.717, 1.165) is 0 Å². The van der Waals surface area contributed by atoms with Crippen molar-refractivity contribution in [1.82, 2.24) is 0 Å². The first-order valence-electron chi connectivity index (χ1n) is 2.72. The molecule has 0 amide bonds. The molecule has 0 bridgehead atoms. The highest BCUT2D eigenvalue weighted by molar-refractivity contribution is 5.85. The maximum Gasteiger partial charge on any atom is 0.0938 e. The Morgan fingerprint density at radius 3 is 2.11 bits per heavy atom. The summed E-state index contributed by atoms with van der Waals surface area (Å²) in [6.07, 6.45) is 1.19. The van der Waals surface area contributed by atoms with E-state index in [4.69, 9.17) is 16.2 Å². The van der Waals surface area contributed by atoms with Gasteiger partial charge in [-0.05, 0) is 12.8 Å². The summed E-state index contributed by atoms with van der Waals surface area (Å²) in [5.74, 6) is 0.389. The van der Waals surface area contributed by atoms with Gasteiger partial charge in [-0.15, -0.1) is 12.4 Å². The van der Waals surface area contributed by atoms with E-state index in [1.807, 2.05) is 0 Å². The average Bonchev–Trinajstić information content (AvgIpc) is 1.57. The van der Waals surface area contributed by atoms with Gasteiger partial charge < -0.3 is 10.8 Å². The van der Waals surface area contributed by atoms with Gasteiger partial charge in [0.05, 0.1) is 11.9 Å². The lowest BCUT2D eigenvalue weighted by Gasteiger charge is -2.29. The first kappa shape index (κ1) is 8.72. The summed E-state index contributed by atoms with van der Waals surface area (Å²) in [5, 5.41) is 15.6. The molecule has 1 aliphatic rings. The first-order valence-corrected chi connectivity index (χ1v) is 2.72. The minimum Gasteiger partial charge on any atom is -0.393 e. The molecule has 0 saturated heterocycles. The fraction of sp³-hybridized carbons (Fsp3) is 0.800. The molecule has 4 N–H and O–H groups in total. The number of hydrogen-bond acceptors (Lipinski definition) is 2. The molecular formula is C5H11ClN2O. The molecule has 1 fully saturated rings. The van der Waals surface area contributed by atoms with Crippen molar-refractivity contribution < 1.29 is 5.11 Å². The van der Waals surface area contributed by atoms with Crippen molar-refractivity contribution in [2.75, 3.05) is 0 Å². The second-order valence-electron chi connectivity index (χ2n) is 2.28. The highest BCUT2D eigenvalue weighted by Crippen LogP contribution is 2.26. The number of aliphatic hydroxyl groups excluding tert-OH is 1. The second-order valence-corrected chi connectivity index (χ2v) is 2.28. The van der Waals surface area contributed by atoms with E-state index in [0.29, 0.717) is 12.8 Å². The highest BCUT2D eigenvalue weighted by atomic mass is 35.5. The number of hydrogen-bond donors (Lipinski definition) is 3. The van der Waals surface area contributed by atoms with E-state index >= 15 is 0 Å².